The molecule has 1 aliphatic heterocycles. The third-order valence-corrected chi connectivity index (χ3v) is 5.37. The number of carbonyl (C=O) groups excluding carboxylic acids is 1. The van der Waals surface area contributed by atoms with Gasteiger partial charge < -0.3 is 14.2 Å². The molecule has 1 aliphatic rings. The fraction of sp³-hybridized carbons (Fsp3) is 0.238. The molecule has 0 N–H and O–H groups in total. The van der Waals surface area contributed by atoms with Crippen molar-refractivity contribution in [2.45, 2.75) is 6.04 Å². The Bertz CT molecular complexity index is 1140. The molecule has 2 aromatic carbocycles. The Balaban J connectivity index is 1.96. The first kappa shape index (κ1) is 18.8. The van der Waals surface area contributed by atoms with Gasteiger partial charge in [-0.15, -0.1) is 0 Å². The van der Waals surface area contributed by atoms with Crippen LogP contribution < -0.4 is 5.43 Å². The van der Waals surface area contributed by atoms with Crippen LogP contribution in [0, 0.1) is 5.82 Å². The first-order valence-corrected chi connectivity index (χ1v) is 9.63. The van der Waals surface area contributed by atoms with E-state index in [0.29, 0.717) is 29.6 Å². The summed E-state index contributed by atoms with van der Waals surface area (Å²) < 4.78 is 20.5. The van der Waals surface area contributed by atoms with Crippen LogP contribution >= 0.6 is 15.9 Å². The number of hydrogen-bond acceptors (Lipinski definition) is 4. The molecule has 7 heteroatoms. The van der Waals surface area contributed by atoms with E-state index < -0.39 is 11.9 Å². The summed E-state index contributed by atoms with van der Waals surface area (Å²) in [6, 6.07) is 10.4. The van der Waals surface area contributed by atoms with Crippen molar-refractivity contribution < 1.29 is 13.6 Å². The second-order valence-electron chi connectivity index (χ2n) is 7.07. The predicted octanol–water partition coefficient (Wildman–Crippen LogP) is 3.80. The first-order valence-electron chi connectivity index (χ1n) is 8.84. The van der Waals surface area contributed by atoms with Gasteiger partial charge in [0, 0.05) is 17.6 Å². The standard InChI is InChI=1S/C21H18BrFN2O3/c1-24(2)8-9-25-18(12-4-3-5-14(23)10-12)17-19(26)15-11-13(22)6-7-16(15)28-20(17)21(25)27/h3-7,10-11,18H,8-9H2,1-2H3. The molecule has 0 spiro atoms. The predicted molar refractivity (Wildman–Crippen MR) is 108 cm³/mol. The summed E-state index contributed by atoms with van der Waals surface area (Å²) in [7, 11) is 3.81. The number of hydrogen-bond donors (Lipinski definition) is 0. The van der Waals surface area contributed by atoms with Gasteiger partial charge in [-0.2, -0.15) is 0 Å². The second kappa shape index (κ2) is 7.14. The zero-order valence-corrected chi connectivity index (χ0v) is 17.0. The highest BCUT2D eigenvalue weighted by molar-refractivity contribution is 9.10. The van der Waals surface area contributed by atoms with Crippen molar-refractivity contribution in [1.82, 2.24) is 9.80 Å². The van der Waals surface area contributed by atoms with Gasteiger partial charge in [-0.3, -0.25) is 9.59 Å². The average Bonchev–Trinajstić information content (AvgIpc) is 2.93. The Morgan fingerprint density at radius 2 is 1.96 bits per heavy atom. The molecule has 0 saturated carbocycles. The normalized spacial score (nSPS) is 16.2. The molecule has 0 radical (unpaired) electrons. The summed E-state index contributed by atoms with van der Waals surface area (Å²) in [6.45, 7) is 0.988. The van der Waals surface area contributed by atoms with Crippen molar-refractivity contribution in [1.29, 1.82) is 0 Å². The summed E-state index contributed by atoms with van der Waals surface area (Å²) in [6.07, 6.45) is 0. The molecule has 0 bridgehead atoms. The average molecular weight is 445 g/mol. The van der Waals surface area contributed by atoms with E-state index >= 15 is 0 Å². The molecular formula is C21H18BrFN2O3. The van der Waals surface area contributed by atoms with Crippen molar-refractivity contribution in [3.05, 3.63) is 79.9 Å². The van der Waals surface area contributed by atoms with E-state index in [0.717, 1.165) is 4.47 Å². The van der Waals surface area contributed by atoms with Crippen LogP contribution in [0.15, 0.2) is 56.1 Å². The van der Waals surface area contributed by atoms with Crippen LogP contribution in [0.3, 0.4) is 0 Å². The number of fused-ring (bicyclic) bond motifs is 2. The molecular weight excluding hydrogens is 427 g/mol. The van der Waals surface area contributed by atoms with E-state index in [2.05, 4.69) is 15.9 Å². The van der Waals surface area contributed by atoms with Crippen molar-refractivity contribution in [2.75, 3.05) is 27.2 Å². The summed E-state index contributed by atoms with van der Waals surface area (Å²) >= 11 is 3.37. The van der Waals surface area contributed by atoms with Crippen LogP contribution in [0.1, 0.15) is 27.7 Å². The van der Waals surface area contributed by atoms with Gasteiger partial charge in [0.1, 0.15) is 11.4 Å². The summed E-state index contributed by atoms with van der Waals surface area (Å²) in [4.78, 5) is 29.9. The molecule has 1 amide bonds. The zero-order valence-electron chi connectivity index (χ0n) is 15.4. The lowest BCUT2D eigenvalue weighted by Gasteiger charge is -2.26. The number of carbonyl (C=O) groups is 1. The van der Waals surface area contributed by atoms with E-state index in [1.54, 1.807) is 35.2 Å². The highest BCUT2D eigenvalue weighted by atomic mass is 79.9. The molecule has 144 valence electrons. The lowest BCUT2D eigenvalue weighted by atomic mass is 9.98. The number of rotatable bonds is 4. The van der Waals surface area contributed by atoms with Gasteiger partial charge in [-0.05, 0) is 50.0 Å². The lowest BCUT2D eigenvalue weighted by molar-refractivity contribution is 0.0716. The minimum Gasteiger partial charge on any atom is -0.450 e. The molecule has 4 rings (SSSR count). The van der Waals surface area contributed by atoms with Crippen LogP contribution in [0.25, 0.3) is 11.0 Å². The molecule has 1 atom stereocenters. The lowest BCUT2D eigenvalue weighted by Crippen LogP contribution is -2.35. The second-order valence-corrected chi connectivity index (χ2v) is 7.99. The van der Waals surface area contributed by atoms with E-state index in [1.807, 2.05) is 19.0 Å². The number of nitrogens with zero attached hydrogens (tertiary/aromatic N) is 2. The molecule has 0 aliphatic carbocycles. The highest BCUT2D eigenvalue weighted by Gasteiger charge is 2.42. The van der Waals surface area contributed by atoms with E-state index in [1.165, 1.54) is 12.1 Å². The van der Waals surface area contributed by atoms with Crippen LogP contribution in [-0.4, -0.2) is 42.9 Å². The Morgan fingerprint density at radius 3 is 2.68 bits per heavy atom. The van der Waals surface area contributed by atoms with Crippen LogP contribution in [-0.2, 0) is 0 Å². The van der Waals surface area contributed by atoms with Crippen molar-refractivity contribution in [3.8, 4) is 0 Å². The molecule has 28 heavy (non-hydrogen) atoms. The maximum atomic E-state index is 13.9. The molecule has 0 fully saturated rings. The van der Waals surface area contributed by atoms with E-state index in [4.69, 9.17) is 4.42 Å². The monoisotopic (exact) mass is 444 g/mol. The topological polar surface area (TPSA) is 53.8 Å². The van der Waals surface area contributed by atoms with Gasteiger partial charge in [0.05, 0.1) is 17.0 Å². The number of benzene rings is 2. The third kappa shape index (κ3) is 3.14. The smallest absolute Gasteiger partial charge is 0.290 e. The Kier molecular flexibility index (Phi) is 4.81. The van der Waals surface area contributed by atoms with Gasteiger partial charge >= 0.3 is 0 Å². The van der Waals surface area contributed by atoms with Crippen molar-refractivity contribution in [2.24, 2.45) is 0 Å². The van der Waals surface area contributed by atoms with E-state index in [-0.39, 0.29) is 22.7 Å². The minimum absolute atomic E-state index is 0.0350. The number of likely N-dealkylation sites (N-methyl/N-ethyl adjacent to an activating group) is 1. The third-order valence-electron chi connectivity index (χ3n) is 4.88. The fourth-order valence-corrected chi connectivity index (χ4v) is 3.92. The maximum absolute atomic E-state index is 13.9. The minimum atomic E-state index is -0.683. The van der Waals surface area contributed by atoms with Crippen LogP contribution in [0.5, 0.6) is 0 Å². The zero-order chi connectivity index (χ0) is 20.0. The quantitative estimate of drug-likeness (QED) is 0.613. The Labute approximate surface area is 169 Å². The SMILES string of the molecule is CN(C)CCN1C(=O)c2oc3ccc(Br)cc3c(=O)c2C1c1cccc(F)c1. The summed E-state index contributed by atoms with van der Waals surface area (Å²) in [5.41, 5.74) is 0.896. The molecule has 2 heterocycles. The maximum Gasteiger partial charge on any atom is 0.290 e. The Morgan fingerprint density at radius 1 is 1.18 bits per heavy atom. The molecule has 0 saturated heterocycles. The highest BCUT2D eigenvalue weighted by Crippen LogP contribution is 2.38. The van der Waals surface area contributed by atoms with Crippen molar-refractivity contribution >= 4 is 32.8 Å². The van der Waals surface area contributed by atoms with Gasteiger partial charge in [-0.1, -0.05) is 28.1 Å². The fourth-order valence-electron chi connectivity index (χ4n) is 3.55. The molecule has 1 aromatic heterocycles. The molecule has 3 aromatic rings. The van der Waals surface area contributed by atoms with Gasteiger partial charge in [0.2, 0.25) is 5.76 Å². The largest absolute Gasteiger partial charge is 0.450 e. The van der Waals surface area contributed by atoms with Crippen LogP contribution in [0.2, 0.25) is 0 Å². The number of amides is 1. The number of halogens is 2. The molecule has 5 nitrogen and oxygen atoms in total. The van der Waals surface area contributed by atoms with E-state index in [9.17, 15) is 14.0 Å². The van der Waals surface area contributed by atoms with Gasteiger partial charge in [-0.25, -0.2) is 4.39 Å². The van der Waals surface area contributed by atoms with Crippen LogP contribution in [0.4, 0.5) is 4.39 Å². The molecule has 1 unspecified atom stereocenters. The summed E-state index contributed by atoms with van der Waals surface area (Å²) in [5.74, 6) is -0.736. The summed E-state index contributed by atoms with van der Waals surface area (Å²) in [5, 5.41) is 0.386. The first-order chi connectivity index (χ1) is 13.4. The van der Waals surface area contributed by atoms with Crippen molar-refractivity contribution in [3.63, 3.8) is 0 Å². The van der Waals surface area contributed by atoms with Gasteiger partial charge in [0.25, 0.3) is 5.91 Å². The van der Waals surface area contributed by atoms with Gasteiger partial charge in [0.15, 0.2) is 5.43 Å². The Hall–Kier alpha value is -2.51.